The Hall–Kier alpha value is -1.59. The number of carbonyl (C=O) groups is 2. The van der Waals surface area contributed by atoms with Crippen LogP contribution in [0.1, 0.15) is 84.6 Å². The van der Waals surface area contributed by atoms with E-state index in [1.54, 1.807) is 12.1 Å². The number of rotatable bonds is 6. The van der Waals surface area contributed by atoms with Gasteiger partial charge in [0.1, 0.15) is 6.04 Å². The van der Waals surface area contributed by atoms with E-state index in [4.69, 9.17) is 11.6 Å². The molecule has 4 bridgehead atoms. The molecule has 0 radical (unpaired) electrons. The first-order valence-electron chi connectivity index (χ1n) is 14.0. The first-order chi connectivity index (χ1) is 16.9. The summed E-state index contributed by atoms with van der Waals surface area (Å²) in [5.41, 5.74) is -0.623. The van der Waals surface area contributed by atoms with E-state index in [1.807, 2.05) is 44.7 Å². The maximum Gasteiger partial charge on any atom is 0.245 e. The molecule has 6 heteroatoms. The van der Waals surface area contributed by atoms with Gasteiger partial charge in [0.25, 0.3) is 0 Å². The monoisotopic (exact) mass is 514 g/mol. The highest BCUT2D eigenvalue weighted by Crippen LogP contribution is 2.61. The molecule has 2 atom stereocenters. The Kier molecular flexibility index (Phi) is 6.73. The summed E-state index contributed by atoms with van der Waals surface area (Å²) in [6.07, 6.45) is 8.67. The van der Waals surface area contributed by atoms with Crippen molar-refractivity contribution in [3.8, 4) is 0 Å². The van der Waals surface area contributed by atoms with Gasteiger partial charge in [0.2, 0.25) is 11.8 Å². The number of amides is 2. The molecule has 1 aromatic carbocycles. The Morgan fingerprint density at radius 3 is 2.11 bits per heavy atom. The molecule has 1 aliphatic heterocycles. The molecule has 4 aliphatic carbocycles. The fourth-order valence-corrected chi connectivity index (χ4v) is 8.68. The molecule has 2 amide bonds. The average Bonchev–Trinajstić information content (AvgIpc) is 2.78. The molecule has 2 N–H and O–H groups in total. The van der Waals surface area contributed by atoms with E-state index in [1.165, 1.54) is 38.5 Å². The van der Waals surface area contributed by atoms with E-state index in [0.717, 1.165) is 23.3 Å². The Balaban J connectivity index is 1.25. The molecule has 36 heavy (non-hydrogen) atoms. The number of halogens is 1. The fourth-order valence-electron chi connectivity index (χ4n) is 8.55. The van der Waals surface area contributed by atoms with Crippen molar-refractivity contribution in [2.45, 2.75) is 90.7 Å². The van der Waals surface area contributed by atoms with Crippen molar-refractivity contribution in [2.75, 3.05) is 13.1 Å². The molecule has 198 valence electrons. The first-order valence-corrected chi connectivity index (χ1v) is 14.3. The van der Waals surface area contributed by atoms with Crippen LogP contribution in [0, 0.1) is 34.5 Å². The second kappa shape index (κ2) is 9.31. The van der Waals surface area contributed by atoms with Gasteiger partial charge in [-0.15, -0.1) is 0 Å². The Morgan fingerprint density at radius 1 is 1.06 bits per heavy atom. The SMILES string of the molecule is CC(C)[C@@H](NC(=O)CC12CC3CC(CC(C3)C1)C2)C(=O)N1CC[C@](O)(c2ccc(Cl)cc2)C(C)(C)C1. The zero-order valence-corrected chi connectivity index (χ0v) is 23.1. The van der Waals surface area contributed by atoms with Crippen LogP contribution in [0.5, 0.6) is 0 Å². The third-order valence-corrected chi connectivity index (χ3v) is 10.3. The van der Waals surface area contributed by atoms with Crippen LogP contribution in [0.25, 0.3) is 0 Å². The number of likely N-dealkylation sites (tertiary alicyclic amines) is 1. The molecule has 1 heterocycles. The van der Waals surface area contributed by atoms with Crippen molar-refractivity contribution in [1.82, 2.24) is 10.2 Å². The number of aliphatic hydroxyl groups is 1. The van der Waals surface area contributed by atoms with Gasteiger partial charge in [-0.25, -0.2) is 0 Å². The minimum Gasteiger partial charge on any atom is -0.384 e. The Labute approximate surface area is 221 Å². The molecule has 0 spiro atoms. The number of hydrogen-bond donors (Lipinski definition) is 2. The van der Waals surface area contributed by atoms with Crippen molar-refractivity contribution in [2.24, 2.45) is 34.5 Å². The van der Waals surface area contributed by atoms with Crippen LogP contribution >= 0.6 is 11.6 Å². The molecular weight excluding hydrogens is 472 g/mol. The number of nitrogens with one attached hydrogen (secondary N) is 1. The zero-order chi connectivity index (χ0) is 25.9. The molecule has 1 aromatic rings. The van der Waals surface area contributed by atoms with Crippen LogP contribution in [0.2, 0.25) is 5.02 Å². The number of benzene rings is 1. The van der Waals surface area contributed by atoms with Gasteiger partial charge in [-0.05, 0) is 91.7 Å². The van der Waals surface area contributed by atoms with Gasteiger partial charge in [-0.1, -0.05) is 51.4 Å². The van der Waals surface area contributed by atoms with E-state index in [9.17, 15) is 14.7 Å². The predicted molar refractivity (Wildman–Crippen MR) is 142 cm³/mol. The molecular formula is C30H43ClN2O3. The lowest BCUT2D eigenvalue weighted by Crippen LogP contribution is -2.60. The van der Waals surface area contributed by atoms with Crippen molar-refractivity contribution in [3.63, 3.8) is 0 Å². The lowest BCUT2D eigenvalue weighted by molar-refractivity contribution is -0.157. The predicted octanol–water partition coefficient (Wildman–Crippen LogP) is 5.53. The standard InChI is InChI=1S/C30H43ClN2O3/c1-19(2)26(32-25(34)17-29-14-20-11-21(15-29)13-22(12-20)16-29)27(35)33-10-9-30(36,28(3,4)18-33)23-5-7-24(31)8-6-23/h5-8,19-22,26,36H,9-18H2,1-4H3,(H,32,34)/t20?,21?,22?,26-,29?,30+/m1/s1. The van der Waals surface area contributed by atoms with Crippen molar-refractivity contribution < 1.29 is 14.7 Å². The molecule has 5 fully saturated rings. The zero-order valence-electron chi connectivity index (χ0n) is 22.4. The normalized spacial score (nSPS) is 35.6. The number of nitrogens with zero attached hydrogens (tertiary/aromatic N) is 1. The summed E-state index contributed by atoms with van der Waals surface area (Å²) in [5, 5.41) is 15.5. The highest BCUT2D eigenvalue weighted by molar-refractivity contribution is 6.30. The molecule has 0 aromatic heterocycles. The van der Waals surface area contributed by atoms with Crippen molar-refractivity contribution in [3.05, 3.63) is 34.9 Å². The summed E-state index contributed by atoms with van der Waals surface area (Å²) in [6, 6.07) is 6.82. The Bertz CT molecular complexity index is 969. The molecule has 6 rings (SSSR count). The van der Waals surface area contributed by atoms with E-state index in [2.05, 4.69) is 5.32 Å². The summed E-state index contributed by atoms with van der Waals surface area (Å²) in [4.78, 5) is 28.9. The largest absolute Gasteiger partial charge is 0.384 e. The van der Waals surface area contributed by atoms with Crippen LogP contribution in [0.4, 0.5) is 0 Å². The van der Waals surface area contributed by atoms with Crippen LogP contribution in [0.15, 0.2) is 24.3 Å². The third kappa shape index (κ3) is 4.71. The summed E-state index contributed by atoms with van der Waals surface area (Å²) in [5.74, 6) is 2.43. The van der Waals surface area contributed by atoms with Crippen LogP contribution < -0.4 is 5.32 Å². The summed E-state index contributed by atoms with van der Waals surface area (Å²) in [7, 11) is 0. The van der Waals surface area contributed by atoms with Gasteiger partial charge >= 0.3 is 0 Å². The molecule has 5 aliphatic rings. The summed E-state index contributed by atoms with van der Waals surface area (Å²) < 4.78 is 0. The van der Waals surface area contributed by atoms with Crippen molar-refractivity contribution in [1.29, 1.82) is 0 Å². The quantitative estimate of drug-likeness (QED) is 0.524. The minimum absolute atomic E-state index is 0.00185. The summed E-state index contributed by atoms with van der Waals surface area (Å²) >= 11 is 6.07. The van der Waals surface area contributed by atoms with Gasteiger partial charge < -0.3 is 15.3 Å². The second-order valence-electron chi connectivity index (χ2n) is 13.6. The molecule has 4 saturated carbocycles. The lowest BCUT2D eigenvalue weighted by atomic mass is 9.49. The first kappa shape index (κ1) is 26.0. The van der Waals surface area contributed by atoms with Gasteiger partial charge in [-0.3, -0.25) is 9.59 Å². The summed E-state index contributed by atoms with van der Waals surface area (Å²) in [6.45, 7) is 8.92. The van der Waals surface area contributed by atoms with Gasteiger partial charge in [0, 0.05) is 29.9 Å². The van der Waals surface area contributed by atoms with E-state index in [-0.39, 0.29) is 23.1 Å². The van der Waals surface area contributed by atoms with Crippen molar-refractivity contribution >= 4 is 23.4 Å². The maximum atomic E-state index is 13.7. The highest BCUT2D eigenvalue weighted by Gasteiger charge is 2.52. The van der Waals surface area contributed by atoms with Gasteiger partial charge in [-0.2, -0.15) is 0 Å². The average molecular weight is 515 g/mol. The highest BCUT2D eigenvalue weighted by atomic mass is 35.5. The fraction of sp³-hybridized carbons (Fsp3) is 0.733. The number of carbonyl (C=O) groups excluding carboxylic acids is 2. The maximum absolute atomic E-state index is 13.7. The topological polar surface area (TPSA) is 69.6 Å². The van der Waals surface area contributed by atoms with Gasteiger partial charge in [0.05, 0.1) is 5.60 Å². The smallest absolute Gasteiger partial charge is 0.245 e. The van der Waals surface area contributed by atoms with Crippen LogP contribution in [0.3, 0.4) is 0 Å². The van der Waals surface area contributed by atoms with Gasteiger partial charge in [0.15, 0.2) is 0 Å². The van der Waals surface area contributed by atoms with E-state index >= 15 is 0 Å². The Morgan fingerprint density at radius 2 is 1.61 bits per heavy atom. The third-order valence-electron chi connectivity index (χ3n) is 10.0. The van der Waals surface area contributed by atoms with E-state index in [0.29, 0.717) is 31.0 Å². The molecule has 5 nitrogen and oxygen atoms in total. The van der Waals surface area contributed by atoms with Crippen LogP contribution in [-0.2, 0) is 15.2 Å². The number of hydrogen-bond acceptors (Lipinski definition) is 3. The minimum atomic E-state index is -1.05. The second-order valence-corrected chi connectivity index (χ2v) is 14.1. The molecule has 0 unspecified atom stereocenters. The van der Waals surface area contributed by atoms with E-state index < -0.39 is 17.1 Å². The lowest BCUT2D eigenvalue weighted by Gasteiger charge is -2.56. The number of piperidine rings is 1. The molecule has 1 saturated heterocycles. The van der Waals surface area contributed by atoms with Crippen LogP contribution in [-0.4, -0.2) is 41.0 Å².